The summed E-state index contributed by atoms with van der Waals surface area (Å²) in [4.78, 5) is 6.47. The fraction of sp³-hybridized carbons (Fsp3) is 0.588. The highest BCUT2D eigenvalue weighted by molar-refractivity contribution is 5.79. The van der Waals surface area contributed by atoms with Gasteiger partial charge >= 0.3 is 0 Å². The second-order valence-electron chi connectivity index (χ2n) is 6.01. The van der Waals surface area contributed by atoms with Crippen molar-refractivity contribution >= 4 is 5.96 Å². The summed E-state index contributed by atoms with van der Waals surface area (Å²) in [6.07, 6.45) is 0. The number of nitrogens with one attached hydrogen (secondary N) is 2. The van der Waals surface area contributed by atoms with Crippen molar-refractivity contribution in [1.29, 1.82) is 0 Å². The maximum absolute atomic E-state index is 13.6. The van der Waals surface area contributed by atoms with Crippen LogP contribution in [0.1, 0.15) is 33.3 Å². The molecule has 0 aliphatic rings. The van der Waals surface area contributed by atoms with Gasteiger partial charge < -0.3 is 10.6 Å². The van der Waals surface area contributed by atoms with Gasteiger partial charge in [-0.05, 0) is 45.9 Å². The van der Waals surface area contributed by atoms with E-state index in [0.29, 0.717) is 18.0 Å². The fourth-order valence-electron chi connectivity index (χ4n) is 2.49. The quantitative estimate of drug-likeness (QED) is 0.598. The Labute approximate surface area is 138 Å². The van der Waals surface area contributed by atoms with Crippen molar-refractivity contribution in [3.8, 4) is 0 Å². The van der Waals surface area contributed by atoms with Gasteiger partial charge in [-0.3, -0.25) is 9.89 Å². The van der Waals surface area contributed by atoms with Crippen LogP contribution in [-0.4, -0.2) is 43.1 Å². The van der Waals surface area contributed by atoms with E-state index in [4.69, 9.17) is 0 Å². The molecule has 130 valence electrons. The van der Waals surface area contributed by atoms with Crippen LogP contribution in [0.15, 0.2) is 23.2 Å². The normalized spacial score (nSPS) is 12.3. The smallest absolute Gasteiger partial charge is 0.191 e. The first-order valence-electron chi connectivity index (χ1n) is 7.99. The minimum absolute atomic E-state index is 0.182. The number of benzene rings is 1. The monoisotopic (exact) mass is 326 g/mol. The standard InChI is InChI=1S/C17H28F2N4/c1-12(2)23(13(3)4)9-8-21-17(20-5)22-11-14-10-15(18)6-7-16(14)19/h6-7,10,12-13H,8-9,11H2,1-5H3,(H2,20,21,22). The zero-order chi connectivity index (χ0) is 17.4. The number of hydrogen-bond donors (Lipinski definition) is 2. The number of guanidine groups is 1. The van der Waals surface area contributed by atoms with Crippen LogP contribution in [0, 0.1) is 11.6 Å². The van der Waals surface area contributed by atoms with Gasteiger partial charge in [0.1, 0.15) is 11.6 Å². The van der Waals surface area contributed by atoms with Gasteiger partial charge in [0.05, 0.1) is 0 Å². The Balaban J connectivity index is 2.48. The molecule has 2 N–H and O–H groups in total. The van der Waals surface area contributed by atoms with E-state index in [1.165, 1.54) is 6.07 Å². The lowest BCUT2D eigenvalue weighted by Crippen LogP contribution is -2.45. The number of hydrogen-bond acceptors (Lipinski definition) is 2. The minimum Gasteiger partial charge on any atom is -0.355 e. The van der Waals surface area contributed by atoms with E-state index in [9.17, 15) is 8.78 Å². The molecular formula is C17H28F2N4. The van der Waals surface area contributed by atoms with Crippen LogP contribution in [0.2, 0.25) is 0 Å². The molecular weight excluding hydrogens is 298 g/mol. The third-order valence-corrected chi connectivity index (χ3v) is 3.67. The Kier molecular flexibility index (Phi) is 7.95. The molecule has 0 spiro atoms. The summed E-state index contributed by atoms with van der Waals surface area (Å²) in [6, 6.07) is 4.36. The van der Waals surface area contributed by atoms with Crippen LogP contribution in [-0.2, 0) is 6.54 Å². The Morgan fingerprint density at radius 3 is 2.35 bits per heavy atom. The van der Waals surface area contributed by atoms with Crippen LogP contribution in [0.3, 0.4) is 0 Å². The van der Waals surface area contributed by atoms with Crippen LogP contribution >= 0.6 is 0 Å². The second kappa shape index (κ2) is 9.45. The Morgan fingerprint density at radius 1 is 1.13 bits per heavy atom. The molecule has 0 amide bonds. The SMILES string of the molecule is CN=C(NCCN(C(C)C)C(C)C)NCc1cc(F)ccc1F. The van der Waals surface area contributed by atoms with Gasteiger partial charge in [0.25, 0.3) is 0 Å². The van der Waals surface area contributed by atoms with Gasteiger partial charge in [-0.1, -0.05) is 0 Å². The molecule has 0 unspecified atom stereocenters. The molecule has 0 aromatic heterocycles. The van der Waals surface area contributed by atoms with Gasteiger partial charge in [0.2, 0.25) is 0 Å². The topological polar surface area (TPSA) is 39.7 Å². The lowest BCUT2D eigenvalue weighted by molar-refractivity contribution is 0.178. The highest BCUT2D eigenvalue weighted by Gasteiger charge is 2.12. The molecule has 23 heavy (non-hydrogen) atoms. The lowest BCUT2D eigenvalue weighted by Gasteiger charge is -2.30. The summed E-state index contributed by atoms with van der Waals surface area (Å²) in [7, 11) is 1.65. The van der Waals surface area contributed by atoms with E-state index in [2.05, 4.69) is 48.2 Å². The highest BCUT2D eigenvalue weighted by Crippen LogP contribution is 2.09. The molecule has 0 radical (unpaired) electrons. The number of halogens is 2. The van der Waals surface area contributed by atoms with E-state index >= 15 is 0 Å². The van der Waals surface area contributed by atoms with Crippen LogP contribution < -0.4 is 10.6 Å². The summed E-state index contributed by atoms with van der Waals surface area (Å²) in [5.74, 6) is -0.308. The Hall–Kier alpha value is -1.69. The Bertz CT molecular complexity index is 507. The third kappa shape index (κ3) is 6.52. The zero-order valence-electron chi connectivity index (χ0n) is 14.7. The molecule has 0 atom stereocenters. The fourth-order valence-corrected chi connectivity index (χ4v) is 2.49. The summed E-state index contributed by atoms with van der Waals surface area (Å²) < 4.78 is 26.7. The summed E-state index contributed by atoms with van der Waals surface area (Å²) >= 11 is 0. The maximum atomic E-state index is 13.6. The zero-order valence-corrected chi connectivity index (χ0v) is 14.7. The Morgan fingerprint density at radius 2 is 1.78 bits per heavy atom. The molecule has 0 saturated carbocycles. The van der Waals surface area contributed by atoms with Crippen molar-refractivity contribution < 1.29 is 8.78 Å². The van der Waals surface area contributed by atoms with Crippen molar-refractivity contribution in [2.45, 2.75) is 46.3 Å². The molecule has 0 saturated heterocycles. The largest absolute Gasteiger partial charge is 0.355 e. The molecule has 0 aliphatic heterocycles. The van der Waals surface area contributed by atoms with Crippen molar-refractivity contribution in [2.24, 2.45) is 4.99 Å². The average molecular weight is 326 g/mol. The maximum Gasteiger partial charge on any atom is 0.191 e. The lowest BCUT2D eigenvalue weighted by atomic mass is 10.2. The predicted molar refractivity (Wildman–Crippen MR) is 91.5 cm³/mol. The van der Waals surface area contributed by atoms with Gasteiger partial charge in [0.15, 0.2) is 5.96 Å². The van der Waals surface area contributed by atoms with E-state index in [-0.39, 0.29) is 12.1 Å². The second-order valence-corrected chi connectivity index (χ2v) is 6.01. The van der Waals surface area contributed by atoms with E-state index in [1.807, 2.05) is 0 Å². The first-order chi connectivity index (χ1) is 10.8. The van der Waals surface area contributed by atoms with E-state index < -0.39 is 11.6 Å². The van der Waals surface area contributed by atoms with Gasteiger partial charge in [0, 0.05) is 44.3 Å². The summed E-state index contributed by atoms with van der Waals surface area (Å²) in [6.45, 7) is 10.5. The van der Waals surface area contributed by atoms with E-state index in [0.717, 1.165) is 25.2 Å². The van der Waals surface area contributed by atoms with Crippen molar-refractivity contribution in [2.75, 3.05) is 20.1 Å². The number of nitrogens with zero attached hydrogens (tertiary/aromatic N) is 2. The first kappa shape index (κ1) is 19.4. The highest BCUT2D eigenvalue weighted by atomic mass is 19.1. The molecule has 4 nitrogen and oxygen atoms in total. The van der Waals surface area contributed by atoms with Crippen LogP contribution in [0.4, 0.5) is 8.78 Å². The van der Waals surface area contributed by atoms with Crippen molar-refractivity contribution in [3.05, 3.63) is 35.4 Å². The van der Waals surface area contributed by atoms with Gasteiger partial charge in [-0.15, -0.1) is 0 Å². The molecule has 1 rings (SSSR count). The first-order valence-corrected chi connectivity index (χ1v) is 7.99. The number of aliphatic imine (C=N–C) groups is 1. The van der Waals surface area contributed by atoms with Crippen LogP contribution in [0.5, 0.6) is 0 Å². The summed E-state index contributed by atoms with van der Waals surface area (Å²) in [5.41, 5.74) is 0.277. The molecule has 0 aliphatic carbocycles. The molecule has 6 heteroatoms. The number of rotatable bonds is 7. The van der Waals surface area contributed by atoms with Gasteiger partial charge in [-0.25, -0.2) is 8.78 Å². The van der Waals surface area contributed by atoms with Crippen molar-refractivity contribution in [3.63, 3.8) is 0 Å². The molecule has 0 heterocycles. The minimum atomic E-state index is -0.448. The summed E-state index contributed by atoms with van der Waals surface area (Å²) in [5, 5.41) is 6.19. The molecule has 1 aromatic rings. The molecule has 0 bridgehead atoms. The molecule has 1 aromatic carbocycles. The molecule has 0 fully saturated rings. The van der Waals surface area contributed by atoms with Crippen LogP contribution in [0.25, 0.3) is 0 Å². The third-order valence-electron chi connectivity index (χ3n) is 3.67. The van der Waals surface area contributed by atoms with Crippen molar-refractivity contribution in [1.82, 2.24) is 15.5 Å². The predicted octanol–water partition coefficient (Wildman–Crippen LogP) is 2.75. The van der Waals surface area contributed by atoms with E-state index in [1.54, 1.807) is 7.05 Å². The average Bonchev–Trinajstić information content (AvgIpc) is 2.48. The van der Waals surface area contributed by atoms with Gasteiger partial charge in [-0.2, -0.15) is 0 Å².